The van der Waals surface area contributed by atoms with E-state index in [0.29, 0.717) is 0 Å². The summed E-state index contributed by atoms with van der Waals surface area (Å²) in [5.41, 5.74) is 1.09. The monoisotopic (exact) mass is 234 g/mol. The summed E-state index contributed by atoms with van der Waals surface area (Å²) in [4.78, 5) is 8.59. The van der Waals surface area contributed by atoms with Crippen molar-refractivity contribution in [1.29, 1.82) is 0 Å². The molecule has 0 bridgehead atoms. The van der Waals surface area contributed by atoms with Gasteiger partial charge < -0.3 is 5.32 Å². The number of hydrogen-bond acceptors (Lipinski definition) is 5. The van der Waals surface area contributed by atoms with Crippen molar-refractivity contribution in [2.75, 3.05) is 11.9 Å². The van der Waals surface area contributed by atoms with Gasteiger partial charge in [-0.2, -0.15) is 4.37 Å². The van der Waals surface area contributed by atoms with E-state index >= 15 is 0 Å². The van der Waals surface area contributed by atoms with E-state index in [1.807, 2.05) is 24.4 Å². The van der Waals surface area contributed by atoms with Gasteiger partial charge in [0.25, 0.3) is 0 Å². The van der Waals surface area contributed by atoms with Crippen LogP contribution in [0, 0.1) is 0 Å². The molecule has 0 spiro atoms. The summed E-state index contributed by atoms with van der Waals surface area (Å²) in [6, 6.07) is 5.96. The van der Waals surface area contributed by atoms with Crippen LogP contribution < -0.4 is 5.32 Å². The fraction of sp³-hybridized carbons (Fsp3) is 0.364. The van der Waals surface area contributed by atoms with Crippen LogP contribution in [-0.4, -0.2) is 20.9 Å². The van der Waals surface area contributed by atoms with Gasteiger partial charge in [0, 0.05) is 42.8 Å². The molecule has 2 heterocycles. The van der Waals surface area contributed by atoms with E-state index in [1.165, 1.54) is 11.5 Å². The molecule has 2 aromatic rings. The molecule has 0 saturated heterocycles. The summed E-state index contributed by atoms with van der Waals surface area (Å²) in [6.45, 7) is 2.90. The number of pyridine rings is 1. The molecule has 0 atom stereocenters. The second-order valence-corrected chi connectivity index (χ2v) is 4.12. The Balaban J connectivity index is 1.80. The van der Waals surface area contributed by atoms with Crippen molar-refractivity contribution in [2.45, 2.75) is 19.8 Å². The number of rotatable bonds is 5. The van der Waals surface area contributed by atoms with Crippen LogP contribution in [0.1, 0.15) is 18.4 Å². The highest BCUT2D eigenvalue weighted by molar-refractivity contribution is 7.09. The average Bonchev–Trinajstić information content (AvgIpc) is 2.78. The maximum atomic E-state index is 4.34. The minimum absolute atomic E-state index is 0.843. The normalized spacial score (nSPS) is 10.3. The van der Waals surface area contributed by atoms with Gasteiger partial charge in [-0.1, -0.05) is 13.0 Å². The molecule has 1 N–H and O–H groups in total. The zero-order chi connectivity index (χ0) is 11.2. The smallest absolute Gasteiger partial charge is 0.202 e. The van der Waals surface area contributed by atoms with Crippen LogP contribution in [0.2, 0.25) is 0 Å². The Labute approximate surface area is 98.9 Å². The molecule has 0 aliphatic rings. The van der Waals surface area contributed by atoms with Crippen molar-refractivity contribution < 1.29 is 0 Å². The predicted molar refractivity (Wildman–Crippen MR) is 65.7 cm³/mol. The molecule has 0 amide bonds. The molecule has 16 heavy (non-hydrogen) atoms. The molecule has 5 heteroatoms. The Hall–Kier alpha value is -1.49. The molecule has 2 rings (SSSR count). The first kappa shape index (κ1) is 11.0. The Morgan fingerprint density at radius 3 is 3.00 bits per heavy atom. The molecular weight excluding hydrogens is 220 g/mol. The van der Waals surface area contributed by atoms with Crippen LogP contribution in [0.15, 0.2) is 24.4 Å². The van der Waals surface area contributed by atoms with E-state index in [-0.39, 0.29) is 0 Å². The first-order valence-electron chi connectivity index (χ1n) is 5.35. The van der Waals surface area contributed by atoms with Crippen LogP contribution in [0.5, 0.6) is 0 Å². The Morgan fingerprint density at radius 2 is 2.31 bits per heavy atom. The van der Waals surface area contributed by atoms with Crippen LogP contribution in [0.4, 0.5) is 5.13 Å². The highest BCUT2D eigenvalue weighted by Gasteiger charge is 2.00. The van der Waals surface area contributed by atoms with Gasteiger partial charge in [-0.3, -0.25) is 4.98 Å². The van der Waals surface area contributed by atoms with Gasteiger partial charge >= 0.3 is 0 Å². The minimum Gasteiger partial charge on any atom is -0.360 e. The molecule has 0 unspecified atom stereocenters. The molecule has 0 saturated carbocycles. The van der Waals surface area contributed by atoms with E-state index in [9.17, 15) is 0 Å². The van der Waals surface area contributed by atoms with E-state index < -0.39 is 0 Å². The molecule has 0 radical (unpaired) electrons. The van der Waals surface area contributed by atoms with Crippen molar-refractivity contribution in [2.24, 2.45) is 0 Å². The van der Waals surface area contributed by atoms with E-state index in [0.717, 1.165) is 36.0 Å². The lowest BCUT2D eigenvalue weighted by atomic mass is 10.3. The Kier molecular flexibility index (Phi) is 3.82. The highest BCUT2D eigenvalue weighted by atomic mass is 32.1. The summed E-state index contributed by atoms with van der Waals surface area (Å²) < 4.78 is 4.21. The lowest BCUT2D eigenvalue weighted by molar-refractivity contribution is 0.949. The quantitative estimate of drug-likeness (QED) is 0.861. The maximum absolute atomic E-state index is 4.34. The van der Waals surface area contributed by atoms with Gasteiger partial charge in [0.2, 0.25) is 5.13 Å². The third-order valence-electron chi connectivity index (χ3n) is 2.17. The maximum Gasteiger partial charge on any atom is 0.202 e. The second kappa shape index (κ2) is 5.55. The van der Waals surface area contributed by atoms with Crippen molar-refractivity contribution in [1.82, 2.24) is 14.3 Å². The van der Waals surface area contributed by atoms with Gasteiger partial charge in [-0.15, -0.1) is 0 Å². The molecular formula is C11H14N4S. The summed E-state index contributed by atoms with van der Waals surface area (Å²) in [7, 11) is 0. The van der Waals surface area contributed by atoms with Crippen molar-refractivity contribution in [3.05, 3.63) is 35.9 Å². The average molecular weight is 234 g/mol. The molecule has 0 aromatic carbocycles. The van der Waals surface area contributed by atoms with Gasteiger partial charge in [-0.05, 0) is 12.1 Å². The highest BCUT2D eigenvalue weighted by Crippen LogP contribution is 2.10. The molecule has 2 aromatic heterocycles. The van der Waals surface area contributed by atoms with Crippen LogP contribution in [0.3, 0.4) is 0 Å². The Bertz CT molecular complexity index is 427. The van der Waals surface area contributed by atoms with Gasteiger partial charge in [0.05, 0.1) is 0 Å². The fourth-order valence-corrected chi connectivity index (χ4v) is 1.99. The van der Waals surface area contributed by atoms with Crippen LogP contribution >= 0.6 is 11.5 Å². The zero-order valence-corrected chi connectivity index (χ0v) is 10.00. The zero-order valence-electron chi connectivity index (χ0n) is 9.18. The van der Waals surface area contributed by atoms with Gasteiger partial charge in [-0.25, -0.2) is 4.98 Å². The SMILES string of the molecule is CCc1nsc(NCCc2ccccn2)n1. The molecule has 0 aliphatic carbocycles. The second-order valence-electron chi connectivity index (χ2n) is 3.37. The molecule has 84 valence electrons. The standard InChI is InChI=1S/C11H14N4S/c1-2-10-14-11(16-15-10)13-8-6-9-5-3-4-7-12-9/h3-5,7H,2,6,8H2,1H3,(H,13,14,15). The number of anilines is 1. The minimum atomic E-state index is 0.843. The largest absolute Gasteiger partial charge is 0.360 e. The van der Waals surface area contributed by atoms with E-state index in [1.54, 1.807) is 0 Å². The van der Waals surface area contributed by atoms with Crippen LogP contribution in [-0.2, 0) is 12.8 Å². The van der Waals surface area contributed by atoms with Gasteiger partial charge in [0.15, 0.2) is 0 Å². The van der Waals surface area contributed by atoms with Crippen molar-refractivity contribution in [3.8, 4) is 0 Å². The van der Waals surface area contributed by atoms with E-state index in [4.69, 9.17) is 0 Å². The van der Waals surface area contributed by atoms with Crippen LogP contribution in [0.25, 0.3) is 0 Å². The number of aromatic nitrogens is 3. The fourth-order valence-electron chi connectivity index (χ4n) is 1.31. The summed E-state index contributed by atoms with van der Waals surface area (Å²) in [6.07, 6.45) is 3.61. The van der Waals surface area contributed by atoms with E-state index in [2.05, 4.69) is 26.6 Å². The Morgan fingerprint density at radius 1 is 1.38 bits per heavy atom. The van der Waals surface area contributed by atoms with Gasteiger partial charge in [0.1, 0.15) is 5.82 Å². The third-order valence-corrected chi connectivity index (χ3v) is 2.88. The molecule has 4 nitrogen and oxygen atoms in total. The number of nitrogens with zero attached hydrogens (tertiary/aromatic N) is 3. The molecule has 0 aliphatic heterocycles. The summed E-state index contributed by atoms with van der Waals surface area (Å²) in [5, 5.41) is 4.15. The lowest BCUT2D eigenvalue weighted by Gasteiger charge is -2.00. The lowest BCUT2D eigenvalue weighted by Crippen LogP contribution is -2.05. The molecule has 0 fully saturated rings. The third kappa shape index (κ3) is 3.00. The number of nitrogens with one attached hydrogen (secondary N) is 1. The predicted octanol–water partition coefficient (Wildman–Crippen LogP) is 2.15. The first-order valence-corrected chi connectivity index (χ1v) is 6.12. The number of aryl methyl sites for hydroxylation is 1. The number of hydrogen-bond donors (Lipinski definition) is 1. The first-order chi connectivity index (χ1) is 7.88. The summed E-state index contributed by atoms with van der Waals surface area (Å²) in [5.74, 6) is 0.908. The summed E-state index contributed by atoms with van der Waals surface area (Å²) >= 11 is 1.42. The van der Waals surface area contributed by atoms with Crippen molar-refractivity contribution in [3.63, 3.8) is 0 Å². The topological polar surface area (TPSA) is 50.7 Å². The van der Waals surface area contributed by atoms with Crippen molar-refractivity contribution >= 4 is 16.7 Å².